The number of carbonyl (C=O) groups excluding carboxylic acids is 1. The number of carbonyl (C=O) groups is 1. The molecule has 2 aliphatic rings. The highest BCUT2D eigenvalue weighted by Gasteiger charge is 2.35. The van der Waals surface area contributed by atoms with E-state index in [2.05, 4.69) is 15.3 Å². The van der Waals surface area contributed by atoms with E-state index in [-0.39, 0.29) is 18.0 Å². The number of amides is 1. The van der Waals surface area contributed by atoms with Crippen molar-refractivity contribution in [1.29, 1.82) is 0 Å². The van der Waals surface area contributed by atoms with Gasteiger partial charge in [-0.1, -0.05) is 18.2 Å². The lowest BCUT2D eigenvalue weighted by molar-refractivity contribution is 0.0654. The Morgan fingerprint density at radius 2 is 1.84 bits per heavy atom. The van der Waals surface area contributed by atoms with E-state index < -0.39 is 0 Å². The first kappa shape index (κ1) is 20.3. The molecule has 0 unspecified atom stereocenters. The summed E-state index contributed by atoms with van der Waals surface area (Å²) in [5.41, 5.74) is 10.3. The van der Waals surface area contributed by atoms with Crippen molar-refractivity contribution in [3.63, 3.8) is 0 Å². The normalized spacial score (nSPS) is 20.2. The number of nitrogen functional groups attached to an aromatic ring is 1. The number of rotatable bonds is 5. The Bertz CT molecular complexity index is 1110. The standard InChI is InChI=1S/C25H27N5O2/c1-32-22-9-6-16(7-10-22)18-13-27-25(28-14-18)29-20-3-2-4-21(12-20)30-15-17-5-8-19(26)11-23(17)24(30)31/h5-11,13-14,20-21H,2-4,12,15,26H2,1H3,(H,27,28,29)/t20-,21+/m1/s1. The number of hydrogen-bond donors (Lipinski definition) is 2. The number of nitrogens with two attached hydrogens (primary N) is 1. The predicted molar refractivity (Wildman–Crippen MR) is 124 cm³/mol. The average molecular weight is 430 g/mol. The van der Waals surface area contributed by atoms with Crippen LogP contribution in [-0.4, -0.2) is 40.0 Å². The highest BCUT2D eigenvalue weighted by Crippen LogP contribution is 2.32. The molecule has 0 bridgehead atoms. The molecule has 1 aliphatic heterocycles. The number of methoxy groups -OCH3 is 1. The Kier molecular flexibility index (Phi) is 5.39. The minimum atomic E-state index is 0.0954. The summed E-state index contributed by atoms with van der Waals surface area (Å²) in [5, 5.41) is 3.48. The van der Waals surface area contributed by atoms with Crippen LogP contribution in [0.5, 0.6) is 5.75 Å². The molecule has 1 aromatic heterocycles. The summed E-state index contributed by atoms with van der Waals surface area (Å²) in [6, 6.07) is 13.9. The lowest BCUT2D eigenvalue weighted by atomic mass is 9.90. The van der Waals surface area contributed by atoms with Crippen LogP contribution in [0.2, 0.25) is 0 Å². The van der Waals surface area contributed by atoms with Crippen LogP contribution in [-0.2, 0) is 6.54 Å². The van der Waals surface area contributed by atoms with Crippen molar-refractivity contribution in [2.75, 3.05) is 18.2 Å². The first-order chi connectivity index (χ1) is 15.6. The molecule has 0 saturated heterocycles. The van der Waals surface area contributed by atoms with E-state index in [9.17, 15) is 4.79 Å². The molecule has 1 saturated carbocycles. The van der Waals surface area contributed by atoms with Gasteiger partial charge in [0.05, 0.1) is 7.11 Å². The molecule has 1 amide bonds. The Labute approximate surface area is 187 Å². The average Bonchev–Trinajstić information content (AvgIpc) is 3.16. The molecule has 2 aromatic carbocycles. The zero-order valence-electron chi connectivity index (χ0n) is 18.1. The fourth-order valence-corrected chi connectivity index (χ4v) is 4.73. The van der Waals surface area contributed by atoms with E-state index in [1.165, 1.54) is 0 Å². The second kappa shape index (κ2) is 8.49. The number of fused-ring (bicyclic) bond motifs is 1. The number of benzene rings is 2. The Morgan fingerprint density at radius 3 is 2.59 bits per heavy atom. The topological polar surface area (TPSA) is 93.4 Å². The van der Waals surface area contributed by atoms with Crippen LogP contribution in [0, 0.1) is 0 Å². The first-order valence-electron chi connectivity index (χ1n) is 11.0. The maximum atomic E-state index is 12.9. The van der Waals surface area contributed by atoms with Crippen LogP contribution >= 0.6 is 0 Å². The molecule has 7 nitrogen and oxygen atoms in total. The zero-order chi connectivity index (χ0) is 22.1. The second-order valence-electron chi connectivity index (χ2n) is 8.54. The molecule has 7 heteroatoms. The van der Waals surface area contributed by atoms with Gasteiger partial charge in [0.15, 0.2) is 0 Å². The van der Waals surface area contributed by atoms with Crippen molar-refractivity contribution < 1.29 is 9.53 Å². The first-order valence-corrected chi connectivity index (χ1v) is 11.0. The van der Waals surface area contributed by atoms with Crippen LogP contribution in [0.15, 0.2) is 54.9 Å². The molecular weight excluding hydrogens is 402 g/mol. The van der Waals surface area contributed by atoms with E-state index in [1.54, 1.807) is 13.2 Å². The lowest BCUT2D eigenvalue weighted by Gasteiger charge is -2.35. The Balaban J connectivity index is 1.23. The van der Waals surface area contributed by atoms with E-state index in [4.69, 9.17) is 10.5 Å². The molecule has 1 fully saturated rings. The fourth-order valence-electron chi connectivity index (χ4n) is 4.73. The minimum absolute atomic E-state index is 0.0954. The van der Waals surface area contributed by atoms with E-state index in [0.29, 0.717) is 18.2 Å². The van der Waals surface area contributed by atoms with Gasteiger partial charge < -0.3 is 20.7 Å². The number of aromatic nitrogens is 2. The lowest BCUT2D eigenvalue weighted by Crippen LogP contribution is -2.42. The van der Waals surface area contributed by atoms with Crippen molar-refractivity contribution in [1.82, 2.24) is 14.9 Å². The van der Waals surface area contributed by atoms with Gasteiger partial charge in [0.25, 0.3) is 5.91 Å². The van der Waals surface area contributed by atoms with Crippen molar-refractivity contribution in [3.8, 4) is 16.9 Å². The quantitative estimate of drug-likeness (QED) is 0.593. The third-order valence-corrected chi connectivity index (χ3v) is 6.46. The minimum Gasteiger partial charge on any atom is -0.497 e. The summed E-state index contributed by atoms with van der Waals surface area (Å²) in [6.45, 7) is 0.666. The summed E-state index contributed by atoms with van der Waals surface area (Å²) in [7, 11) is 1.66. The highest BCUT2D eigenvalue weighted by atomic mass is 16.5. The summed E-state index contributed by atoms with van der Waals surface area (Å²) in [6.07, 6.45) is 7.69. The van der Waals surface area contributed by atoms with Gasteiger partial charge in [-0.3, -0.25) is 4.79 Å². The molecule has 3 aromatic rings. The second-order valence-corrected chi connectivity index (χ2v) is 8.54. The number of nitrogens with zero attached hydrogens (tertiary/aromatic N) is 3. The summed E-state index contributed by atoms with van der Waals surface area (Å²) in [5.74, 6) is 1.54. The van der Waals surface area contributed by atoms with Gasteiger partial charge in [0.2, 0.25) is 5.95 Å². The number of ether oxygens (including phenoxy) is 1. The van der Waals surface area contributed by atoms with Crippen molar-refractivity contribution in [2.45, 2.75) is 44.3 Å². The SMILES string of the molecule is COc1ccc(-c2cnc(N[C@@H]3CCC[C@H](N4Cc5ccc(N)cc5C4=O)C3)nc2)cc1. The summed E-state index contributed by atoms with van der Waals surface area (Å²) < 4.78 is 5.21. The monoisotopic (exact) mass is 429 g/mol. The molecule has 2 atom stereocenters. The summed E-state index contributed by atoms with van der Waals surface area (Å²) in [4.78, 5) is 24.0. The van der Waals surface area contributed by atoms with E-state index >= 15 is 0 Å². The van der Waals surface area contributed by atoms with Crippen LogP contribution in [0.3, 0.4) is 0 Å². The van der Waals surface area contributed by atoms with Crippen molar-refractivity contribution in [3.05, 3.63) is 66.0 Å². The van der Waals surface area contributed by atoms with Gasteiger partial charge in [0.1, 0.15) is 5.75 Å². The zero-order valence-corrected chi connectivity index (χ0v) is 18.1. The number of hydrogen-bond acceptors (Lipinski definition) is 6. The summed E-state index contributed by atoms with van der Waals surface area (Å²) >= 11 is 0. The fraction of sp³-hybridized carbons (Fsp3) is 0.320. The van der Waals surface area contributed by atoms with Gasteiger partial charge >= 0.3 is 0 Å². The molecule has 3 N–H and O–H groups in total. The maximum absolute atomic E-state index is 12.9. The third-order valence-electron chi connectivity index (χ3n) is 6.46. The molecule has 0 radical (unpaired) electrons. The molecule has 5 rings (SSSR count). The largest absolute Gasteiger partial charge is 0.497 e. The van der Waals surface area contributed by atoms with Crippen molar-refractivity contribution in [2.24, 2.45) is 0 Å². The Morgan fingerprint density at radius 1 is 1.06 bits per heavy atom. The Hall–Kier alpha value is -3.61. The van der Waals surface area contributed by atoms with Gasteiger partial charge in [-0.15, -0.1) is 0 Å². The van der Waals surface area contributed by atoms with E-state index in [0.717, 1.165) is 53.7 Å². The highest BCUT2D eigenvalue weighted by molar-refractivity contribution is 5.99. The number of anilines is 2. The van der Waals surface area contributed by atoms with Gasteiger partial charge in [-0.25, -0.2) is 9.97 Å². The van der Waals surface area contributed by atoms with Crippen LogP contribution in [0.25, 0.3) is 11.1 Å². The van der Waals surface area contributed by atoms with Gasteiger partial charge in [-0.2, -0.15) is 0 Å². The molecule has 32 heavy (non-hydrogen) atoms. The smallest absolute Gasteiger partial charge is 0.254 e. The predicted octanol–water partition coefficient (Wildman–Crippen LogP) is 4.11. The molecular formula is C25H27N5O2. The molecule has 1 aliphatic carbocycles. The van der Waals surface area contributed by atoms with Crippen LogP contribution in [0.4, 0.5) is 11.6 Å². The molecule has 0 spiro atoms. The number of nitrogens with one attached hydrogen (secondary N) is 1. The van der Waals surface area contributed by atoms with Gasteiger partial charge in [-0.05, 0) is 61.1 Å². The van der Waals surface area contributed by atoms with Crippen molar-refractivity contribution >= 4 is 17.5 Å². The maximum Gasteiger partial charge on any atom is 0.254 e. The van der Waals surface area contributed by atoms with E-state index in [1.807, 2.05) is 53.7 Å². The molecule has 2 heterocycles. The third kappa shape index (κ3) is 3.98. The van der Waals surface area contributed by atoms with Crippen LogP contribution in [0.1, 0.15) is 41.6 Å². The van der Waals surface area contributed by atoms with Crippen LogP contribution < -0.4 is 15.8 Å². The van der Waals surface area contributed by atoms with Gasteiger partial charge in [0, 0.05) is 47.8 Å². The molecule has 164 valence electrons.